The molecule has 0 aromatic heterocycles. The lowest BCUT2D eigenvalue weighted by molar-refractivity contribution is 0.626. The zero-order chi connectivity index (χ0) is 14.0. The predicted octanol–water partition coefficient (Wildman–Crippen LogP) is 3.33. The zero-order valence-electron chi connectivity index (χ0n) is 10.9. The van der Waals surface area contributed by atoms with Gasteiger partial charge in [-0.15, -0.1) is 0 Å². The van der Waals surface area contributed by atoms with Crippen LogP contribution in [-0.4, -0.2) is 4.21 Å². The molecule has 0 radical (unpaired) electrons. The van der Waals surface area contributed by atoms with Gasteiger partial charge in [-0.3, -0.25) is 4.21 Å². The molecular weight excluding hydrogens is 261 g/mol. The van der Waals surface area contributed by atoms with Gasteiger partial charge in [0.15, 0.2) is 0 Å². The maximum Gasteiger partial charge on any atom is 0.123 e. The highest BCUT2D eigenvalue weighted by Gasteiger charge is 2.10. The standard InChI is InChI=1S/C15H16FNOS/c1-10-3-6-14(17)8-15(10)19(18)9-12-4-5-13(16)7-11(12)2/h3-8H,9,17H2,1-2H3. The second-order valence-electron chi connectivity index (χ2n) is 4.59. The van der Waals surface area contributed by atoms with Crippen LogP contribution in [0.5, 0.6) is 0 Å². The molecule has 0 saturated carbocycles. The maximum atomic E-state index is 13.0. The first kappa shape index (κ1) is 13.7. The fourth-order valence-corrected chi connectivity index (χ4v) is 3.36. The van der Waals surface area contributed by atoms with Gasteiger partial charge in [0.05, 0.1) is 16.6 Å². The predicted molar refractivity (Wildman–Crippen MR) is 76.8 cm³/mol. The molecule has 2 aromatic carbocycles. The van der Waals surface area contributed by atoms with Gasteiger partial charge in [-0.1, -0.05) is 12.1 Å². The fourth-order valence-electron chi connectivity index (χ4n) is 1.90. The molecule has 0 aliphatic rings. The van der Waals surface area contributed by atoms with Gasteiger partial charge in [-0.05, 0) is 54.8 Å². The average molecular weight is 277 g/mol. The molecule has 2 N–H and O–H groups in total. The number of hydrogen-bond acceptors (Lipinski definition) is 2. The van der Waals surface area contributed by atoms with E-state index in [0.29, 0.717) is 11.4 Å². The Morgan fingerprint density at radius 2 is 1.84 bits per heavy atom. The second-order valence-corrected chi connectivity index (χ2v) is 6.01. The van der Waals surface area contributed by atoms with Gasteiger partial charge >= 0.3 is 0 Å². The molecule has 0 bridgehead atoms. The van der Waals surface area contributed by atoms with Gasteiger partial charge in [-0.25, -0.2) is 4.39 Å². The number of aryl methyl sites for hydroxylation is 2. The average Bonchev–Trinajstić information content (AvgIpc) is 2.35. The van der Waals surface area contributed by atoms with Gasteiger partial charge in [-0.2, -0.15) is 0 Å². The molecule has 2 aromatic rings. The van der Waals surface area contributed by atoms with Crippen LogP contribution in [0.2, 0.25) is 0 Å². The molecule has 0 heterocycles. The number of anilines is 1. The van der Waals surface area contributed by atoms with Crippen LogP contribution in [0.15, 0.2) is 41.3 Å². The lowest BCUT2D eigenvalue weighted by atomic mass is 10.1. The summed E-state index contributed by atoms with van der Waals surface area (Å²) >= 11 is 0. The van der Waals surface area contributed by atoms with Crippen molar-refractivity contribution >= 4 is 16.5 Å². The van der Waals surface area contributed by atoms with E-state index in [4.69, 9.17) is 5.73 Å². The Hall–Kier alpha value is -1.68. The summed E-state index contributed by atoms with van der Waals surface area (Å²) in [5.41, 5.74) is 8.98. The molecule has 4 heteroatoms. The summed E-state index contributed by atoms with van der Waals surface area (Å²) in [4.78, 5) is 0.740. The van der Waals surface area contributed by atoms with E-state index in [2.05, 4.69) is 0 Å². The summed E-state index contributed by atoms with van der Waals surface area (Å²) in [6.45, 7) is 3.73. The summed E-state index contributed by atoms with van der Waals surface area (Å²) in [6.07, 6.45) is 0. The summed E-state index contributed by atoms with van der Waals surface area (Å²) < 4.78 is 25.4. The Labute approximate surface area is 114 Å². The van der Waals surface area contributed by atoms with Crippen molar-refractivity contribution < 1.29 is 8.60 Å². The molecule has 0 amide bonds. The van der Waals surface area contributed by atoms with E-state index in [1.54, 1.807) is 18.2 Å². The van der Waals surface area contributed by atoms with Crippen LogP contribution in [-0.2, 0) is 16.6 Å². The number of rotatable bonds is 3. The van der Waals surface area contributed by atoms with Gasteiger partial charge in [0.2, 0.25) is 0 Å². The van der Waals surface area contributed by atoms with Crippen molar-refractivity contribution in [2.45, 2.75) is 24.5 Å². The van der Waals surface area contributed by atoms with Crippen molar-refractivity contribution in [3.05, 3.63) is 58.9 Å². The minimum atomic E-state index is -1.18. The summed E-state index contributed by atoms with van der Waals surface area (Å²) in [5, 5.41) is 0. The smallest absolute Gasteiger partial charge is 0.123 e. The van der Waals surface area contributed by atoms with Crippen LogP contribution < -0.4 is 5.73 Å². The third-order valence-electron chi connectivity index (χ3n) is 3.05. The second kappa shape index (κ2) is 5.53. The van der Waals surface area contributed by atoms with Crippen LogP contribution in [0.4, 0.5) is 10.1 Å². The number of halogens is 1. The van der Waals surface area contributed by atoms with Crippen molar-refractivity contribution in [3.63, 3.8) is 0 Å². The molecule has 100 valence electrons. The number of nitrogen functional groups attached to an aromatic ring is 1. The molecule has 2 rings (SSSR count). The van der Waals surface area contributed by atoms with Crippen LogP contribution in [0.1, 0.15) is 16.7 Å². The van der Waals surface area contributed by atoms with Crippen molar-refractivity contribution in [2.75, 3.05) is 5.73 Å². The number of benzene rings is 2. The van der Waals surface area contributed by atoms with Crippen LogP contribution in [0.3, 0.4) is 0 Å². The first-order valence-electron chi connectivity index (χ1n) is 5.97. The molecular formula is C15H16FNOS. The Morgan fingerprint density at radius 3 is 2.53 bits per heavy atom. The van der Waals surface area contributed by atoms with Gasteiger partial charge < -0.3 is 5.73 Å². The van der Waals surface area contributed by atoms with Crippen molar-refractivity contribution in [1.29, 1.82) is 0 Å². The molecule has 2 nitrogen and oxygen atoms in total. The highest BCUT2D eigenvalue weighted by molar-refractivity contribution is 7.84. The summed E-state index contributed by atoms with van der Waals surface area (Å²) in [7, 11) is -1.18. The number of hydrogen-bond donors (Lipinski definition) is 1. The molecule has 0 aliphatic heterocycles. The van der Waals surface area contributed by atoms with Crippen LogP contribution in [0.25, 0.3) is 0 Å². The Balaban J connectivity index is 2.28. The van der Waals surface area contributed by atoms with E-state index in [0.717, 1.165) is 21.6 Å². The normalized spacial score (nSPS) is 12.4. The quantitative estimate of drug-likeness (QED) is 0.874. The Morgan fingerprint density at radius 1 is 1.11 bits per heavy atom. The molecule has 0 aliphatic carbocycles. The van der Waals surface area contributed by atoms with Gasteiger partial charge in [0.25, 0.3) is 0 Å². The summed E-state index contributed by atoms with van der Waals surface area (Å²) in [5.74, 6) is 0.100. The van der Waals surface area contributed by atoms with Crippen LogP contribution >= 0.6 is 0 Å². The number of nitrogens with two attached hydrogens (primary N) is 1. The SMILES string of the molecule is Cc1cc(F)ccc1CS(=O)c1cc(N)ccc1C. The monoisotopic (exact) mass is 277 g/mol. The van der Waals surface area contributed by atoms with E-state index in [9.17, 15) is 8.60 Å². The lowest BCUT2D eigenvalue weighted by Gasteiger charge is -2.09. The van der Waals surface area contributed by atoms with Crippen molar-refractivity contribution in [2.24, 2.45) is 0 Å². The third kappa shape index (κ3) is 3.20. The van der Waals surface area contributed by atoms with Gasteiger partial charge in [0, 0.05) is 10.6 Å². The van der Waals surface area contributed by atoms with E-state index < -0.39 is 10.8 Å². The molecule has 19 heavy (non-hydrogen) atoms. The van der Waals surface area contributed by atoms with E-state index in [1.165, 1.54) is 12.1 Å². The minimum absolute atomic E-state index is 0.271. The summed E-state index contributed by atoms with van der Waals surface area (Å²) in [6, 6.07) is 9.93. The fraction of sp³-hybridized carbons (Fsp3) is 0.200. The van der Waals surface area contributed by atoms with Crippen molar-refractivity contribution in [3.8, 4) is 0 Å². The van der Waals surface area contributed by atoms with E-state index in [-0.39, 0.29) is 5.82 Å². The zero-order valence-corrected chi connectivity index (χ0v) is 11.8. The third-order valence-corrected chi connectivity index (χ3v) is 4.55. The molecule has 1 unspecified atom stereocenters. The molecule has 1 atom stereocenters. The molecule has 0 spiro atoms. The largest absolute Gasteiger partial charge is 0.399 e. The topological polar surface area (TPSA) is 43.1 Å². The van der Waals surface area contributed by atoms with Crippen LogP contribution in [0, 0.1) is 19.7 Å². The first-order chi connectivity index (χ1) is 8.97. The highest BCUT2D eigenvalue weighted by Crippen LogP contribution is 2.21. The first-order valence-corrected chi connectivity index (χ1v) is 7.29. The van der Waals surface area contributed by atoms with E-state index in [1.807, 2.05) is 19.9 Å². The Bertz CT molecular complexity index is 640. The lowest BCUT2D eigenvalue weighted by Crippen LogP contribution is -2.02. The maximum absolute atomic E-state index is 13.0. The Kier molecular flexibility index (Phi) is 4.00. The molecule has 0 fully saturated rings. The van der Waals surface area contributed by atoms with E-state index >= 15 is 0 Å². The highest BCUT2D eigenvalue weighted by atomic mass is 32.2. The van der Waals surface area contributed by atoms with Crippen molar-refractivity contribution in [1.82, 2.24) is 0 Å². The van der Waals surface area contributed by atoms with Gasteiger partial charge in [0.1, 0.15) is 5.82 Å². The minimum Gasteiger partial charge on any atom is -0.399 e. The molecule has 0 saturated heterocycles.